The molecule has 29 heavy (non-hydrogen) atoms. The Kier molecular flexibility index (Phi) is 6.42. The molecule has 1 amide bonds. The number of amides is 1. The number of aliphatic carboxylic acids is 1. The van der Waals surface area contributed by atoms with Gasteiger partial charge in [0.15, 0.2) is 0 Å². The van der Waals surface area contributed by atoms with Gasteiger partial charge in [-0.2, -0.15) is 0 Å². The van der Waals surface area contributed by atoms with E-state index in [-0.39, 0.29) is 16.4 Å². The molecular weight excluding hydrogens is 400 g/mol. The Bertz CT molecular complexity index is 988. The molecule has 0 aliphatic heterocycles. The Morgan fingerprint density at radius 1 is 1.14 bits per heavy atom. The van der Waals surface area contributed by atoms with E-state index in [1.54, 1.807) is 13.8 Å². The summed E-state index contributed by atoms with van der Waals surface area (Å²) < 4.78 is 32.9. The molecule has 1 atom stereocenters. The van der Waals surface area contributed by atoms with Gasteiger partial charge in [0.05, 0.1) is 16.4 Å². The lowest BCUT2D eigenvalue weighted by Gasteiger charge is -2.30. The number of aromatic nitrogens is 2. The highest BCUT2D eigenvalue weighted by atomic mass is 32.2. The molecule has 2 aromatic rings. The van der Waals surface area contributed by atoms with Crippen LogP contribution in [0.3, 0.4) is 0 Å². The van der Waals surface area contributed by atoms with E-state index >= 15 is 0 Å². The molecule has 0 fully saturated rings. The summed E-state index contributed by atoms with van der Waals surface area (Å²) in [6, 6.07) is 5.50. The van der Waals surface area contributed by atoms with E-state index in [4.69, 9.17) is 9.84 Å². The number of benzene rings is 1. The third-order valence-corrected chi connectivity index (χ3v) is 5.64. The molecule has 11 heteroatoms. The molecule has 0 spiro atoms. The number of carbonyl (C=O) groups is 2. The summed E-state index contributed by atoms with van der Waals surface area (Å²) in [4.78, 5) is 30.2. The van der Waals surface area contributed by atoms with Gasteiger partial charge in [-0.15, -0.1) is 0 Å². The summed E-state index contributed by atoms with van der Waals surface area (Å²) in [5, 5.41) is 11.6. The van der Waals surface area contributed by atoms with E-state index < -0.39 is 33.4 Å². The average molecular weight is 422 g/mol. The summed E-state index contributed by atoms with van der Waals surface area (Å²) in [6.45, 7) is 4.80. The van der Waals surface area contributed by atoms with Crippen LogP contribution in [-0.2, 0) is 14.8 Å². The van der Waals surface area contributed by atoms with Crippen molar-refractivity contribution in [3.8, 4) is 5.75 Å². The van der Waals surface area contributed by atoms with Crippen LogP contribution in [-0.4, -0.2) is 48.0 Å². The van der Waals surface area contributed by atoms with E-state index in [9.17, 15) is 18.0 Å². The molecule has 0 saturated heterocycles. The second-order valence-electron chi connectivity index (χ2n) is 6.72. The zero-order chi connectivity index (χ0) is 21.8. The maximum absolute atomic E-state index is 12.5. The first-order chi connectivity index (χ1) is 13.5. The van der Waals surface area contributed by atoms with Gasteiger partial charge >= 0.3 is 5.97 Å². The van der Waals surface area contributed by atoms with Crippen molar-refractivity contribution in [3.05, 3.63) is 42.2 Å². The third-order valence-electron chi connectivity index (χ3n) is 4.29. The molecule has 1 aromatic heterocycles. The molecule has 156 valence electrons. The van der Waals surface area contributed by atoms with Crippen molar-refractivity contribution in [2.45, 2.75) is 31.3 Å². The predicted molar refractivity (Wildman–Crippen MR) is 104 cm³/mol. The number of nitrogens with one attached hydrogen (secondary N) is 2. The Morgan fingerprint density at radius 3 is 2.17 bits per heavy atom. The number of carbonyl (C=O) groups excluding carboxylic acids is 1. The highest BCUT2D eigenvalue weighted by molar-refractivity contribution is 7.92. The van der Waals surface area contributed by atoms with Crippen LogP contribution in [0, 0.1) is 5.92 Å². The third kappa shape index (κ3) is 5.41. The SMILES string of the molecule is CNC(=O)c1cnc(NS(=O)(=O)c2ccc(OC(C)(C)C(C)C(=O)O)cc2)nc1. The minimum absolute atomic E-state index is 0.0621. The summed E-state index contributed by atoms with van der Waals surface area (Å²) in [5.74, 6) is -2.03. The summed E-state index contributed by atoms with van der Waals surface area (Å²) in [7, 11) is -2.51. The van der Waals surface area contributed by atoms with Gasteiger partial charge in [0.2, 0.25) is 5.95 Å². The molecule has 10 nitrogen and oxygen atoms in total. The van der Waals surface area contributed by atoms with E-state index in [1.165, 1.54) is 50.6 Å². The van der Waals surface area contributed by atoms with Crippen LogP contribution in [0.5, 0.6) is 5.75 Å². The lowest BCUT2D eigenvalue weighted by Crippen LogP contribution is -2.40. The number of hydrogen-bond acceptors (Lipinski definition) is 7. The number of ether oxygens (including phenoxy) is 1. The van der Waals surface area contributed by atoms with Crippen molar-refractivity contribution in [3.63, 3.8) is 0 Å². The van der Waals surface area contributed by atoms with Crippen LogP contribution in [0.15, 0.2) is 41.6 Å². The number of nitrogens with zero attached hydrogens (tertiary/aromatic N) is 2. The minimum Gasteiger partial charge on any atom is -0.487 e. The number of rotatable bonds is 8. The zero-order valence-electron chi connectivity index (χ0n) is 16.3. The highest BCUT2D eigenvalue weighted by Gasteiger charge is 2.33. The molecule has 0 saturated carbocycles. The van der Waals surface area contributed by atoms with Crippen LogP contribution in [0.4, 0.5) is 5.95 Å². The fraction of sp³-hybridized carbons (Fsp3) is 0.333. The second-order valence-corrected chi connectivity index (χ2v) is 8.40. The Hall–Kier alpha value is -3.21. The van der Waals surface area contributed by atoms with Crippen LogP contribution < -0.4 is 14.8 Å². The smallest absolute Gasteiger partial charge is 0.310 e. The molecule has 1 unspecified atom stereocenters. The summed E-state index contributed by atoms with van der Waals surface area (Å²) in [6.07, 6.45) is 2.40. The summed E-state index contributed by atoms with van der Waals surface area (Å²) >= 11 is 0. The predicted octanol–water partition coefficient (Wildman–Crippen LogP) is 1.52. The second kappa shape index (κ2) is 8.43. The van der Waals surface area contributed by atoms with E-state index in [0.29, 0.717) is 5.75 Å². The molecule has 2 rings (SSSR count). The van der Waals surface area contributed by atoms with Crippen molar-refractivity contribution < 1.29 is 27.9 Å². The molecule has 1 heterocycles. The summed E-state index contributed by atoms with van der Waals surface area (Å²) in [5.41, 5.74) is -0.805. The molecule has 0 aliphatic carbocycles. The lowest BCUT2D eigenvalue weighted by atomic mass is 9.93. The van der Waals surface area contributed by atoms with Gasteiger partial charge < -0.3 is 15.2 Å². The van der Waals surface area contributed by atoms with Gasteiger partial charge in [-0.1, -0.05) is 0 Å². The first kappa shape index (κ1) is 22.1. The Labute approximate surface area is 168 Å². The number of carboxylic acids is 1. The molecule has 3 N–H and O–H groups in total. The molecule has 0 aliphatic rings. The number of hydrogen-bond donors (Lipinski definition) is 3. The Balaban J connectivity index is 2.13. The first-order valence-electron chi connectivity index (χ1n) is 8.55. The molecule has 0 radical (unpaired) electrons. The van der Waals surface area contributed by atoms with Gasteiger partial charge in [-0.25, -0.2) is 23.1 Å². The van der Waals surface area contributed by atoms with Gasteiger partial charge in [0.25, 0.3) is 15.9 Å². The fourth-order valence-electron chi connectivity index (χ4n) is 2.20. The first-order valence-corrected chi connectivity index (χ1v) is 10.0. The lowest BCUT2D eigenvalue weighted by molar-refractivity contribution is -0.147. The van der Waals surface area contributed by atoms with Crippen molar-refractivity contribution in [2.75, 3.05) is 11.8 Å². The molecule has 0 bridgehead atoms. The van der Waals surface area contributed by atoms with E-state index in [2.05, 4.69) is 20.0 Å². The van der Waals surface area contributed by atoms with Crippen LogP contribution >= 0.6 is 0 Å². The van der Waals surface area contributed by atoms with E-state index in [1.807, 2.05) is 0 Å². The van der Waals surface area contributed by atoms with Crippen molar-refractivity contribution >= 4 is 27.8 Å². The van der Waals surface area contributed by atoms with Crippen molar-refractivity contribution in [2.24, 2.45) is 5.92 Å². The Morgan fingerprint density at radius 2 is 1.69 bits per heavy atom. The van der Waals surface area contributed by atoms with Gasteiger partial charge in [-0.3, -0.25) is 9.59 Å². The molecule has 1 aromatic carbocycles. The maximum Gasteiger partial charge on any atom is 0.310 e. The largest absolute Gasteiger partial charge is 0.487 e. The fourth-order valence-corrected chi connectivity index (χ4v) is 3.16. The van der Waals surface area contributed by atoms with Crippen LogP contribution in [0.25, 0.3) is 0 Å². The molecular formula is C18H22N4O6S. The zero-order valence-corrected chi connectivity index (χ0v) is 17.1. The number of sulfonamides is 1. The normalized spacial score (nSPS) is 12.7. The standard InChI is InChI=1S/C18H22N4O6S/c1-11(16(24)25)18(2,3)28-13-5-7-14(8-6-13)29(26,27)22-17-20-9-12(10-21-17)15(23)19-4/h5-11H,1-4H3,(H,19,23)(H,24,25)(H,20,21,22). The van der Waals surface area contributed by atoms with E-state index in [0.717, 1.165) is 0 Å². The topological polar surface area (TPSA) is 148 Å². The van der Waals surface area contributed by atoms with Crippen molar-refractivity contribution in [1.29, 1.82) is 0 Å². The van der Waals surface area contributed by atoms with Gasteiger partial charge in [0.1, 0.15) is 11.4 Å². The van der Waals surface area contributed by atoms with Crippen LogP contribution in [0.1, 0.15) is 31.1 Å². The minimum atomic E-state index is -3.97. The quantitative estimate of drug-likeness (QED) is 0.580. The van der Waals surface area contributed by atoms with Crippen LogP contribution in [0.2, 0.25) is 0 Å². The van der Waals surface area contributed by atoms with Gasteiger partial charge in [-0.05, 0) is 45.0 Å². The highest BCUT2D eigenvalue weighted by Crippen LogP contribution is 2.26. The number of anilines is 1. The average Bonchev–Trinajstić information content (AvgIpc) is 2.67. The van der Waals surface area contributed by atoms with Gasteiger partial charge in [0, 0.05) is 19.4 Å². The monoisotopic (exact) mass is 422 g/mol. The maximum atomic E-state index is 12.5. The number of carboxylic acid groups (broad SMARTS) is 1. The van der Waals surface area contributed by atoms with Crippen molar-refractivity contribution in [1.82, 2.24) is 15.3 Å².